The molecule has 0 fully saturated rings. The third kappa shape index (κ3) is 5.89. The number of guanidine groups is 1. The molecule has 6 heteroatoms. The van der Waals surface area contributed by atoms with Crippen LogP contribution in [0.15, 0.2) is 53.5 Å². The largest absolute Gasteiger partial charge is 0.380 e. The van der Waals surface area contributed by atoms with Gasteiger partial charge in [0.2, 0.25) is 5.91 Å². The number of aliphatic imine (C=N–C) groups is 1. The molecule has 0 saturated carbocycles. The molecule has 1 amide bonds. The molecule has 0 saturated heterocycles. The molecule has 2 aromatic carbocycles. The van der Waals surface area contributed by atoms with Crippen LogP contribution in [0, 0.1) is 5.92 Å². The fraction of sp³-hybridized carbons (Fsp3) is 0.300. The Morgan fingerprint density at radius 2 is 1.81 bits per heavy atom. The van der Waals surface area contributed by atoms with E-state index in [4.69, 9.17) is 10.5 Å². The number of rotatable bonds is 7. The zero-order valence-corrected chi connectivity index (χ0v) is 15.5. The Labute approximate surface area is 154 Å². The number of benzene rings is 2. The highest BCUT2D eigenvalue weighted by molar-refractivity contribution is 5.93. The zero-order chi connectivity index (χ0) is 18.9. The topological polar surface area (TPSA) is 88.7 Å². The first kappa shape index (κ1) is 19.5. The number of hydrogen-bond acceptors (Lipinski definition) is 3. The average Bonchev–Trinajstić information content (AvgIpc) is 2.63. The van der Waals surface area contributed by atoms with Gasteiger partial charge < -0.3 is 21.1 Å². The van der Waals surface area contributed by atoms with Crippen molar-refractivity contribution in [3.8, 4) is 0 Å². The van der Waals surface area contributed by atoms with Gasteiger partial charge in [0, 0.05) is 30.0 Å². The summed E-state index contributed by atoms with van der Waals surface area (Å²) >= 11 is 0. The summed E-state index contributed by atoms with van der Waals surface area (Å²) in [5.74, 6) is 0.288. The predicted molar refractivity (Wildman–Crippen MR) is 106 cm³/mol. The minimum Gasteiger partial charge on any atom is -0.380 e. The monoisotopic (exact) mass is 354 g/mol. The van der Waals surface area contributed by atoms with Crippen molar-refractivity contribution in [3.05, 3.63) is 59.7 Å². The van der Waals surface area contributed by atoms with Crippen LogP contribution < -0.4 is 16.4 Å². The Morgan fingerprint density at radius 1 is 1.12 bits per heavy atom. The molecule has 0 atom stereocenters. The maximum Gasteiger partial charge on any atom is 0.226 e. The van der Waals surface area contributed by atoms with E-state index in [1.54, 1.807) is 7.11 Å². The minimum atomic E-state index is -0.0499. The molecule has 0 aliphatic carbocycles. The standard InChI is InChI=1S/C20H26N4O2/c1-14(2)19(25)23-17-10-8-15(9-11-17)12-22-20(21)24-18-7-5-4-6-16(18)13-26-3/h4-11,14H,12-13H2,1-3H3,(H,23,25)(H3,21,22,24). The quantitative estimate of drug-likeness (QED) is 0.525. The van der Waals surface area contributed by atoms with Crippen LogP contribution in [-0.4, -0.2) is 19.0 Å². The van der Waals surface area contributed by atoms with Gasteiger partial charge >= 0.3 is 0 Å². The van der Waals surface area contributed by atoms with E-state index in [-0.39, 0.29) is 11.8 Å². The second-order valence-electron chi connectivity index (χ2n) is 6.26. The molecule has 0 radical (unpaired) electrons. The summed E-state index contributed by atoms with van der Waals surface area (Å²) in [4.78, 5) is 16.1. The molecule has 26 heavy (non-hydrogen) atoms. The summed E-state index contributed by atoms with van der Waals surface area (Å²) in [6.45, 7) is 4.67. The molecule has 2 aromatic rings. The maximum atomic E-state index is 11.7. The Morgan fingerprint density at radius 3 is 2.46 bits per heavy atom. The van der Waals surface area contributed by atoms with Crippen LogP contribution in [0.1, 0.15) is 25.0 Å². The van der Waals surface area contributed by atoms with Crippen molar-refractivity contribution in [2.24, 2.45) is 16.6 Å². The molecule has 6 nitrogen and oxygen atoms in total. The molecule has 0 spiro atoms. The Hall–Kier alpha value is -2.86. The third-order valence-electron chi connectivity index (χ3n) is 3.76. The van der Waals surface area contributed by atoms with Gasteiger partial charge in [-0.1, -0.05) is 44.2 Å². The number of nitrogens with one attached hydrogen (secondary N) is 2. The van der Waals surface area contributed by atoms with Crippen molar-refractivity contribution in [2.75, 3.05) is 17.7 Å². The molecule has 0 aliphatic rings. The van der Waals surface area contributed by atoms with E-state index in [1.807, 2.05) is 62.4 Å². The van der Waals surface area contributed by atoms with Crippen molar-refractivity contribution in [2.45, 2.75) is 27.0 Å². The molecule has 138 valence electrons. The van der Waals surface area contributed by atoms with Crippen LogP contribution in [0.3, 0.4) is 0 Å². The van der Waals surface area contributed by atoms with E-state index in [1.165, 1.54) is 0 Å². The van der Waals surface area contributed by atoms with Gasteiger partial charge in [-0.25, -0.2) is 4.99 Å². The lowest BCUT2D eigenvalue weighted by molar-refractivity contribution is -0.118. The van der Waals surface area contributed by atoms with Gasteiger partial charge in [-0.15, -0.1) is 0 Å². The SMILES string of the molecule is COCc1ccccc1NC(N)=NCc1ccc(NC(=O)C(C)C)cc1. The van der Waals surface area contributed by atoms with Crippen molar-refractivity contribution in [1.29, 1.82) is 0 Å². The Bertz CT molecular complexity index is 755. The van der Waals surface area contributed by atoms with Crippen LogP contribution in [0.25, 0.3) is 0 Å². The van der Waals surface area contributed by atoms with Crippen LogP contribution in [0.2, 0.25) is 0 Å². The molecule has 4 N–H and O–H groups in total. The Kier molecular flexibility index (Phi) is 7.17. The maximum absolute atomic E-state index is 11.7. The predicted octanol–water partition coefficient (Wildman–Crippen LogP) is 3.35. The molecule has 0 bridgehead atoms. The lowest BCUT2D eigenvalue weighted by Gasteiger charge is -2.11. The van der Waals surface area contributed by atoms with Gasteiger partial charge in [-0.05, 0) is 23.8 Å². The smallest absolute Gasteiger partial charge is 0.226 e. The Balaban J connectivity index is 1.95. The number of nitrogens with two attached hydrogens (primary N) is 1. The number of carbonyl (C=O) groups is 1. The summed E-state index contributed by atoms with van der Waals surface area (Å²) in [5, 5.41) is 5.97. The second kappa shape index (κ2) is 9.58. The van der Waals surface area contributed by atoms with E-state index in [2.05, 4.69) is 15.6 Å². The number of ether oxygens (including phenoxy) is 1. The summed E-state index contributed by atoms with van der Waals surface area (Å²) in [6.07, 6.45) is 0. The molecule has 0 heterocycles. The molecule has 0 aromatic heterocycles. The van der Waals surface area contributed by atoms with Gasteiger partial charge in [0.1, 0.15) is 0 Å². The molecule has 0 unspecified atom stereocenters. The molecule has 0 aliphatic heterocycles. The van der Waals surface area contributed by atoms with E-state index in [0.717, 1.165) is 22.5 Å². The summed E-state index contributed by atoms with van der Waals surface area (Å²) in [7, 11) is 1.65. The number of anilines is 2. The molecule has 2 rings (SSSR count). The number of carbonyl (C=O) groups excluding carboxylic acids is 1. The van der Waals surface area contributed by atoms with E-state index < -0.39 is 0 Å². The minimum absolute atomic E-state index is 0.000982. The fourth-order valence-corrected chi connectivity index (χ4v) is 2.26. The number of hydrogen-bond donors (Lipinski definition) is 3. The van der Waals surface area contributed by atoms with Gasteiger partial charge in [0.15, 0.2) is 5.96 Å². The fourth-order valence-electron chi connectivity index (χ4n) is 2.26. The third-order valence-corrected chi connectivity index (χ3v) is 3.76. The van der Waals surface area contributed by atoms with E-state index >= 15 is 0 Å². The highest BCUT2D eigenvalue weighted by atomic mass is 16.5. The van der Waals surface area contributed by atoms with Crippen LogP contribution in [-0.2, 0) is 22.7 Å². The van der Waals surface area contributed by atoms with Gasteiger partial charge in [0.05, 0.1) is 13.2 Å². The van der Waals surface area contributed by atoms with Crippen LogP contribution in [0.5, 0.6) is 0 Å². The lowest BCUT2D eigenvalue weighted by atomic mass is 10.1. The number of nitrogens with zero attached hydrogens (tertiary/aromatic N) is 1. The van der Waals surface area contributed by atoms with Crippen LogP contribution >= 0.6 is 0 Å². The highest BCUT2D eigenvalue weighted by Crippen LogP contribution is 2.16. The van der Waals surface area contributed by atoms with Crippen molar-refractivity contribution < 1.29 is 9.53 Å². The second-order valence-corrected chi connectivity index (χ2v) is 6.26. The van der Waals surface area contributed by atoms with E-state index in [9.17, 15) is 4.79 Å². The van der Waals surface area contributed by atoms with E-state index in [0.29, 0.717) is 19.1 Å². The molecular formula is C20H26N4O2. The first-order valence-corrected chi connectivity index (χ1v) is 8.53. The lowest BCUT2D eigenvalue weighted by Crippen LogP contribution is -2.23. The van der Waals surface area contributed by atoms with Crippen molar-refractivity contribution in [3.63, 3.8) is 0 Å². The number of methoxy groups -OCH3 is 1. The van der Waals surface area contributed by atoms with Gasteiger partial charge in [-0.3, -0.25) is 4.79 Å². The number of para-hydroxylation sites is 1. The summed E-state index contributed by atoms with van der Waals surface area (Å²) in [6, 6.07) is 15.4. The van der Waals surface area contributed by atoms with Crippen molar-refractivity contribution >= 4 is 23.2 Å². The average molecular weight is 354 g/mol. The van der Waals surface area contributed by atoms with Gasteiger partial charge in [-0.2, -0.15) is 0 Å². The first-order chi connectivity index (χ1) is 12.5. The highest BCUT2D eigenvalue weighted by Gasteiger charge is 2.06. The summed E-state index contributed by atoms with van der Waals surface area (Å²) in [5.41, 5.74) is 9.65. The molecular weight excluding hydrogens is 328 g/mol. The summed E-state index contributed by atoms with van der Waals surface area (Å²) < 4.78 is 5.18. The van der Waals surface area contributed by atoms with Crippen LogP contribution in [0.4, 0.5) is 11.4 Å². The normalized spacial score (nSPS) is 11.5. The zero-order valence-electron chi connectivity index (χ0n) is 15.5. The number of amides is 1. The van der Waals surface area contributed by atoms with Crippen molar-refractivity contribution in [1.82, 2.24) is 0 Å². The first-order valence-electron chi connectivity index (χ1n) is 8.53. The van der Waals surface area contributed by atoms with Gasteiger partial charge in [0.25, 0.3) is 0 Å².